The molecule has 25 heavy (non-hydrogen) atoms. The predicted molar refractivity (Wildman–Crippen MR) is 90.7 cm³/mol. The zero-order chi connectivity index (χ0) is 18.4. The zero-order valence-corrected chi connectivity index (χ0v) is 15.3. The van der Waals surface area contributed by atoms with Gasteiger partial charge < -0.3 is 19.1 Å². The van der Waals surface area contributed by atoms with E-state index in [4.69, 9.17) is 25.8 Å². The Balaban J connectivity index is 2.39. The molecule has 1 aliphatic heterocycles. The molecule has 0 radical (unpaired) electrons. The van der Waals surface area contributed by atoms with Crippen molar-refractivity contribution in [2.45, 2.75) is 32.7 Å². The van der Waals surface area contributed by atoms with Crippen molar-refractivity contribution in [2.24, 2.45) is 0 Å². The maximum absolute atomic E-state index is 12.3. The summed E-state index contributed by atoms with van der Waals surface area (Å²) in [4.78, 5) is 35.1. The van der Waals surface area contributed by atoms with Crippen LogP contribution in [0.1, 0.15) is 32.4 Å². The summed E-state index contributed by atoms with van der Waals surface area (Å²) in [7, 11) is 0. The molecular weight excluding hydrogens is 350 g/mol. The first-order valence-corrected chi connectivity index (χ1v) is 8.57. The Morgan fingerprint density at radius 3 is 2.52 bits per heavy atom. The fraction of sp³-hybridized carbons (Fsp3) is 0.625. The van der Waals surface area contributed by atoms with E-state index in [2.05, 4.69) is 9.97 Å². The summed E-state index contributed by atoms with van der Waals surface area (Å²) in [5.41, 5.74) is 0.158. The summed E-state index contributed by atoms with van der Waals surface area (Å²) in [5, 5.41) is 0.136. The number of nitrogens with zero attached hydrogens (tertiary/aromatic N) is 3. The number of morpholine rings is 1. The average Bonchev–Trinajstić information content (AvgIpc) is 2.55. The molecule has 1 aliphatic rings. The zero-order valence-electron chi connectivity index (χ0n) is 14.5. The largest absolute Gasteiger partial charge is 0.465 e. The second-order valence-corrected chi connectivity index (χ2v) is 5.86. The third-order valence-corrected chi connectivity index (χ3v) is 3.86. The van der Waals surface area contributed by atoms with E-state index in [1.807, 2.05) is 11.8 Å². The molecule has 9 heteroatoms. The van der Waals surface area contributed by atoms with Crippen LogP contribution in [0.2, 0.25) is 5.15 Å². The lowest BCUT2D eigenvalue weighted by Crippen LogP contribution is -2.44. The van der Waals surface area contributed by atoms with Crippen molar-refractivity contribution >= 4 is 29.5 Å². The molecule has 1 atom stereocenters. The van der Waals surface area contributed by atoms with Gasteiger partial charge in [0.25, 0.3) is 0 Å². The third kappa shape index (κ3) is 4.79. The molecule has 0 amide bonds. The number of aromatic nitrogens is 2. The molecule has 138 valence electrons. The number of halogens is 1. The average molecular weight is 372 g/mol. The molecule has 1 unspecified atom stereocenters. The lowest BCUT2D eigenvalue weighted by atomic mass is 10.1. The summed E-state index contributed by atoms with van der Waals surface area (Å²) >= 11 is 6.11. The molecule has 1 saturated heterocycles. The number of esters is 2. The fourth-order valence-electron chi connectivity index (χ4n) is 2.51. The standard InChI is InChI=1S/C16H22ClN3O5/c1-4-24-14(21)13(15(22)25-5-2)11-8-12(17)19-16(18-11)20-6-7-23-9-10(20)3/h8,10,13H,4-7,9H2,1-3H3. The molecule has 1 aromatic rings. The van der Waals surface area contributed by atoms with E-state index in [0.29, 0.717) is 25.7 Å². The number of carbonyl (C=O) groups is 2. The van der Waals surface area contributed by atoms with Gasteiger partial charge in [0.15, 0.2) is 5.92 Å². The molecule has 1 aromatic heterocycles. The molecule has 0 N–H and O–H groups in total. The van der Waals surface area contributed by atoms with Crippen LogP contribution in [-0.2, 0) is 23.8 Å². The van der Waals surface area contributed by atoms with Gasteiger partial charge in [0.05, 0.1) is 38.2 Å². The first-order valence-electron chi connectivity index (χ1n) is 8.20. The molecule has 0 bridgehead atoms. The smallest absolute Gasteiger partial charge is 0.326 e. The van der Waals surface area contributed by atoms with Crippen molar-refractivity contribution in [3.63, 3.8) is 0 Å². The van der Waals surface area contributed by atoms with Crippen molar-refractivity contribution in [3.8, 4) is 0 Å². The van der Waals surface area contributed by atoms with Crippen LogP contribution >= 0.6 is 11.6 Å². The van der Waals surface area contributed by atoms with Gasteiger partial charge in [-0.15, -0.1) is 0 Å². The molecule has 0 aliphatic carbocycles. The van der Waals surface area contributed by atoms with Gasteiger partial charge in [-0.1, -0.05) is 11.6 Å². The van der Waals surface area contributed by atoms with Crippen LogP contribution in [-0.4, -0.2) is 60.9 Å². The molecule has 0 aromatic carbocycles. The Morgan fingerprint density at radius 2 is 1.96 bits per heavy atom. The van der Waals surface area contributed by atoms with Gasteiger partial charge >= 0.3 is 11.9 Å². The maximum atomic E-state index is 12.3. The number of hydrogen-bond donors (Lipinski definition) is 0. The number of carbonyl (C=O) groups excluding carboxylic acids is 2. The minimum absolute atomic E-state index is 0.0451. The summed E-state index contributed by atoms with van der Waals surface area (Å²) < 4.78 is 15.4. The van der Waals surface area contributed by atoms with Crippen LogP contribution in [0.5, 0.6) is 0 Å². The molecule has 2 rings (SSSR count). The minimum Gasteiger partial charge on any atom is -0.465 e. The molecule has 0 saturated carbocycles. The van der Waals surface area contributed by atoms with E-state index in [1.165, 1.54) is 6.07 Å². The van der Waals surface area contributed by atoms with Crippen molar-refractivity contribution in [2.75, 3.05) is 37.9 Å². The monoisotopic (exact) mass is 371 g/mol. The molecular formula is C16H22ClN3O5. The Bertz CT molecular complexity index is 610. The van der Waals surface area contributed by atoms with Gasteiger partial charge in [0.1, 0.15) is 5.15 Å². The van der Waals surface area contributed by atoms with E-state index >= 15 is 0 Å². The van der Waals surface area contributed by atoms with Gasteiger partial charge in [0, 0.05) is 6.54 Å². The normalized spacial score (nSPS) is 17.5. The third-order valence-electron chi connectivity index (χ3n) is 3.67. The van der Waals surface area contributed by atoms with E-state index in [1.54, 1.807) is 13.8 Å². The summed E-state index contributed by atoms with van der Waals surface area (Å²) in [6, 6.07) is 1.43. The first kappa shape index (κ1) is 19.4. The second-order valence-electron chi connectivity index (χ2n) is 5.47. The van der Waals surface area contributed by atoms with Crippen LogP contribution < -0.4 is 4.90 Å². The highest BCUT2D eigenvalue weighted by molar-refractivity contribution is 6.29. The van der Waals surface area contributed by atoms with E-state index in [0.717, 1.165) is 0 Å². The van der Waals surface area contributed by atoms with Crippen LogP contribution in [0, 0.1) is 0 Å². The quantitative estimate of drug-likeness (QED) is 0.422. The summed E-state index contributed by atoms with van der Waals surface area (Å²) in [6.07, 6.45) is 0. The molecule has 1 fully saturated rings. The first-order chi connectivity index (χ1) is 12.0. The highest BCUT2D eigenvalue weighted by Gasteiger charge is 2.34. The second kappa shape index (κ2) is 8.96. The lowest BCUT2D eigenvalue weighted by molar-refractivity contribution is -0.157. The Kier molecular flexibility index (Phi) is 6.95. The van der Waals surface area contributed by atoms with Crippen LogP contribution in [0.4, 0.5) is 5.95 Å². The predicted octanol–water partition coefficient (Wildman–Crippen LogP) is 1.56. The SMILES string of the molecule is CCOC(=O)C(C(=O)OCC)c1cc(Cl)nc(N2CCOCC2C)n1. The summed E-state index contributed by atoms with van der Waals surface area (Å²) in [6.45, 7) is 7.23. The van der Waals surface area contributed by atoms with Crippen LogP contribution in [0.3, 0.4) is 0 Å². The minimum atomic E-state index is -1.30. The summed E-state index contributed by atoms with van der Waals surface area (Å²) in [5.74, 6) is -2.40. The van der Waals surface area contributed by atoms with Crippen molar-refractivity contribution in [3.05, 3.63) is 16.9 Å². The van der Waals surface area contributed by atoms with E-state index < -0.39 is 17.9 Å². The molecule has 8 nitrogen and oxygen atoms in total. The maximum Gasteiger partial charge on any atom is 0.326 e. The number of hydrogen-bond acceptors (Lipinski definition) is 8. The van der Waals surface area contributed by atoms with E-state index in [-0.39, 0.29) is 30.1 Å². The van der Waals surface area contributed by atoms with E-state index in [9.17, 15) is 9.59 Å². The number of rotatable bonds is 6. The topological polar surface area (TPSA) is 90.9 Å². The number of ether oxygens (including phenoxy) is 3. The van der Waals surface area contributed by atoms with Crippen molar-refractivity contribution in [1.82, 2.24) is 9.97 Å². The highest BCUT2D eigenvalue weighted by Crippen LogP contribution is 2.24. The van der Waals surface area contributed by atoms with Crippen molar-refractivity contribution in [1.29, 1.82) is 0 Å². The lowest BCUT2D eigenvalue weighted by Gasteiger charge is -2.33. The Morgan fingerprint density at radius 1 is 1.32 bits per heavy atom. The highest BCUT2D eigenvalue weighted by atomic mass is 35.5. The molecule has 0 spiro atoms. The Labute approximate surface area is 151 Å². The Hall–Kier alpha value is -1.93. The molecule has 2 heterocycles. The number of anilines is 1. The van der Waals surface area contributed by atoms with Crippen LogP contribution in [0.25, 0.3) is 0 Å². The van der Waals surface area contributed by atoms with Crippen LogP contribution in [0.15, 0.2) is 6.07 Å². The van der Waals surface area contributed by atoms with Gasteiger partial charge in [0.2, 0.25) is 5.95 Å². The fourth-order valence-corrected chi connectivity index (χ4v) is 2.70. The van der Waals surface area contributed by atoms with Crippen molar-refractivity contribution < 1.29 is 23.8 Å². The van der Waals surface area contributed by atoms with Gasteiger partial charge in [-0.3, -0.25) is 9.59 Å². The van der Waals surface area contributed by atoms with Gasteiger partial charge in [-0.25, -0.2) is 9.97 Å². The van der Waals surface area contributed by atoms with Gasteiger partial charge in [-0.05, 0) is 26.8 Å². The van der Waals surface area contributed by atoms with Gasteiger partial charge in [-0.2, -0.15) is 0 Å².